The minimum atomic E-state index is -1.85. The van der Waals surface area contributed by atoms with E-state index in [1.54, 1.807) is 14.2 Å². The number of fused-ring (bicyclic) bond motifs is 1. The molecule has 0 heterocycles. The zero-order valence-corrected chi connectivity index (χ0v) is 11.1. The average molecular weight is 261 g/mol. The Bertz CT molecular complexity index is 350. The summed E-state index contributed by atoms with van der Waals surface area (Å²) in [7, 11) is 3.49. The summed E-state index contributed by atoms with van der Waals surface area (Å²) in [5.41, 5.74) is 2.66. The first kappa shape index (κ1) is 13.0. The Morgan fingerprint density at radius 2 is 1.80 bits per heavy atom. The second kappa shape index (κ2) is 5.83. The molecule has 2 nitrogen and oxygen atoms in total. The van der Waals surface area contributed by atoms with Crippen molar-refractivity contribution in [1.29, 1.82) is 0 Å². The fourth-order valence-corrected chi connectivity index (χ4v) is 4.05. The van der Waals surface area contributed by atoms with Crippen LogP contribution in [-0.2, 0) is 25.3 Å². The molecule has 80 valence electrons. The molecule has 0 saturated carbocycles. The fraction of sp³-hybridized carbons (Fsp3) is 0.273. The quantitative estimate of drug-likeness (QED) is 0.682. The van der Waals surface area contributed by atoms with Crippen LogP contribution in [-0.4, -0.2) is 14.2 Å². The van der Waals surface area contributed by atoms with Gasteiger partial charge in [-0.15, -0.1) is 0 Å². The Morgan fingerprint density at radius 1 is 1.13 bits per heavy atom. The van der Waals surface area contributed by atoms with Crippen molar-refractivity contribution in [3.05, 3.63) is 41.5 Å². The first-order valence-electron chi connectivity index (χ1n) is 4.58. The van der Waals surface area contributed by atoms with Crippen LogP contribution in [0, 0.1) is 0 Å². The second-order valence-corrected chi connectivity index (χ2v) is 6.44. The zero-order chi connectivity index (χ0) is 9.97. The molecule has 0 fully saturated rings. The van der Waals surface area contributed by atoms with Gasteiger partial charge < -0.3 is 12.4 Å². The molecule has 0 aromatic heterocycles. The summed E-state index contributed by atoms with van der Waals surface area (Å²) in [6.07, 6.45) is 4.36. The average Bonchev–Trinajstić information content (AvgIpc) is 2.65. The SMILES string of the molecule is C[O][Ti+]([O]C)[CH]1C=Cc2ccccc21.[Cl-]. The molecule has 1 aliphatic rings. The van der Waals surface area contributed by atoms with Crippen molar-refractivity contribution in [3.63, 3.8) is 0 Å². The van der Waals surface area contributed by atoms with Gasteiger partial charge in [0.05, 0.1) is 0 Å². The van der Waals surface area contributed by atoms with Crippen molar-refractivity contribution < 1.29 is 37.7 Å². The predicted molar refractivity (Wildman–Crippen MR) is 52.2 cm³/mol. The van der Waals surface area contributed by atoms with E-state index >= 15 is 0 Å². The molecule has 0 aliphatic heterocycles. The summed E-state index contributed by atoms with van der Waals surface area (Å²) in [6.45, 7) is 0. The van der Waals surface area contributed by atoms with Crippen molar-refractivity contribution in [2.45, 2.75) is 4.22 Å². The van der Waals surface area contributed by atoms with Crippen molar-refractivity contribution in [3.8, 4) is 0 Å². The third kappa shape index (κ3) is 2.52. The van der Waals surface area contributed by atoms with Gasteiger partial charge in [-0.3, -0.25) is 0 Å². The molecule has 0 N–H and O–H groups in total. The van der Waals surface area contributed by atoms with Crippen LogP contribution in [0.25, 0.3) is 6.08 Å². The summed E-state index contributed by atoms with van der Waals surface area (Å²) in [6, 6.07) is 8.42. The minimum absolute atomic E-state index is 0. The molecule has 1 aliphatic carbocycles. The maximum Gasteiger partial charge on any atom is -1.00 e. The molecule has 2 rings (SSSR count). The maximum atomic E-state index is 5.43. The molecule has 0 spiro atoms. The minimum Gasteiger partial charge on any atom is -1.00 e. The van der Waals surface area contributed by atoms with E-state index in [1.807, 2.05) is 0 Å². The molecule has 4 heteroatoms. The van der Waals surface area contributed by atoms with Crippen molar-refractivity contribution in [2.75, 3.05) is 14.2 Å². The van der Waals surface area contributed by atoms with E-state index in [9.17, 15) is 0 Å². The van der Waals surface area contributed by atoms with E-state index in [4.69, 9.17) is 6.64 Å². The van der Waals surface area contributed by atoms with Crippen LogP contribution in [0.2, 0.25) is 0 Å². The summed E-state index contributed by atoms with van der Waals surface area (Å²) in [5, 5.41) is 0. The standard InChI is InChI=1S/C9H7.2CH3O.ClH.Ti/c1-2-5-9-7-3-6-8(9)4-1;2*1-2;;/h1-7H;2*1H3;1H;/q;2*-1;;+3/p-1. The largest absolute Gasteiger partial charge is 1.00 e. The zero-order valence-electron chi connectivity index (χ0n) is 8.74. The van der Waals surface area contributed by atoms with Crippen LogP contribution >= 0.6 is 0 Å². The normalized spacial score (nSPS) is 17.1. The predicted octanol–water partition coefficient (Wildman–Crippen LogP) is -0.500. The van der Waals surface area contributed by atoms with Gasteiger partial charge in [0.15, 0.2) is 0 Å². The van der Waals surface area contributed by atoms with Gasteiger partial charge in [-0.25, -0.2) is 0 Å². The molecular formula is C11H13ClO2Ti. The number of halogens is 1. The molecule has 1 aromatic rings. The molecule has 15 heavy (non-hydrogen) atoms. The summed E-state index contributed by atoms with van der Waals surface area (Å²) in [4.78, 5) is 0. The number of hydrogen-bond donors (Lipinski definition) is 0. The molecular weight excluding hydrogens is 247 g/mol. The second-order valence-electron chi connectivity index (χ2n) is 3.19. The third-order valence-electron chi connectivity index (χ3n) is 2.46. The summed E-state index contributed by atoms with van der Waals surface area (Å²) < 4.78 is 11.3. The van der Waals surface area contributed by atoms with Crippen LogP contribution in [0.3, 0.4) is 0 Å². The van der Waals surface area contributed by atoms with Crippen LogP contribution in [0.1, 0.15) is 15.3 Å². The van der Waals surface area contributed by atoms with Crippen molar-refractivity contribution >= 4 is 6.08 Å². The number of rotatable bonds is 3. The van der Waals surface area contributed by atoms with Gasteiger partial charge in [-0.1, -0.05) is 0 Å². The molecule has 0 radical (unpaired) electrons. The Kier molecular flexibility index (Phi) is 5.03. The fourth-order valence-electron chi connectivity index (χ4n) is 1.79. The molecule has 1 aromatic carbocycles. The Hall–Kier alpha value is -0.116. The van der Waals surface area contributed by atoms with E-state index in [-0.39, 0.29) is 12.4 Å². The van der Waals surface area contributed by atoms with Gasteiger partial charge in [0.25, 0.3) is 0 Å². The van der Waals surface area contributed by atoms with Crippen molar-refractivity contribution in [1.82, 2.24) is 0 Å². The van der Waals surface area contributed by atoms with Gasteiger partial charge in [0, 0.05) is 0 Å². The van der Waals surface area contributed by atoms with E-state index < -0.39 is 18.6 Å². The van der Waals surface area contributed by atoms with Gasteiger partial charge >= 0.3 is 91.3 Å². The number of benzene rings is 1. The summed E-state index contributed by atoms with van der Waals surface area (Å²) in [5.74, 6) is 0. The van der Waals surface area contributed by atoms with Crippen LogP contribution in [0.5, 0.6) is 0 Å². The smallest absolute Gasteiger partial charge is 1.00 e. The van der Waals surface area contributed by atoms with Crippen LogP contribution < -0.4 is 12.4 Å². The van der Waals surface area contributed by atoms with E-state index in [2.05, 4.69) is 36.4 Å². The Labute approximate surface area is 103 Å². The van der Waals surface area contributed by atoms with E-state index in [1.165, 1.54) is 11.1 Å². The monoisotopic (exact) mass is 260 g/mol. The van der Waals surface area contributed by atoms with Gasteiger partial charge in [0.2, 0.25) is 0 Å². The van der Waals surface area contributed by atoms with Crippen LogP contribution in [0.15, 0.2) is 30.3 Å². The maximum absolute atomic E-state index is 5.43. The van der Waals surface area contributed by atoms with Gasteiger partial charge in [0.1, 0.15) is 0 Å². The Balaban J connectivity index is 0.00000112. The molecule has 0 saturated heterocycles. The molecule has 1 atom stereocenters. The molecule has 0 amide bonds. The Morgan fingerprint density at radius 3 is 2.47 bits per heavy atom. The number of hydrogen-bond acceptors (Lipinski definition) is 2. The topological polar surface area (TPSA) is 18.5 Å². The van der Waals surface area contributed by atoms with Gasteiger partial charge in [-0.05, 0) is 0 Å². The van der Waals surface area contributed by atoms with Crippen molar-refractivity contribution in [2.24, 2.45) is 0 Å². The summed E-state index contributed by atoms with van der Waals surface area (Å²) >= 11 is -1.85. The van der Waals surface area contributed by atoms with E-state index in [0.29, 0.717) is 4.22 Å². The molecule has 1 unspecified atom stereocenters. The molecule has 0 bridgehead atoms. The first-order valence-corrected chi connectivity index (χ1v) is 6.76. The van der Waals surface area contributed by atoms with Gasteiger partial charge in [-0.2, -0.15) is 0 Å². The first-order chi connectivity index (χ1) is 6.86. The number of allylic oxidation sites excluding steroid dienone is 1. The van der Waals surface area contributed by atoms with E-state index in [0.717, 1.165) is 0 Å². The van der Waals surface area contributed by atoms with Crippen LogP contribution in [0.4, 0.5) is 0 Å². The third-order valence-corrected chi connectivity index (χ3v) is 5.29.